The lowest BCUT2D eigenvalue weighted by molar-refractivity contribution is -0.117. The molecule has 0 aromatic heterocycles. The van der Waals surface area contributed by atoms with Crippen molar-refractivity contribution in [2.24, 2.45) is 4.99 Å². The highest BCUT2D eigenvalue weighted by molar-refractivity contribution is 14.0. The number of hydrogen-bond donors (Lipinski definition) is 2. The predicted octanol–water partition coefficient (Wildman–Crippen LogP) is 2.55. The smallest absolute Gasteiger partial charge is 0.231 e. The normalized spacial score (nSPS) is 14.3. The first kappa shape index (κ1) is 19.7. The van der Waals surface area contributed by atoms with Crippen LogP contribution < -0.4 is 15.5 Å². The van der Waals surface area contributed by atoms with Gasteiger partial charge in [-0.2, -0.15) is 0 Å². The van der Waals surface area contributed by atoms with Crippen LogP contribution in [0.25, 0.3) is 0 Å². The van der Waals surface area contributed by atoms with E-state index >= 15 is 0 Å². The molecule has 0 saturated carbocycles. The zero-order valence-corrected chi connectivity index (χ0v) is 16.7. The minimum Gasteiger partial charge on any atom is -0.357 e. The fourth-order valence-corrected chi connectivity index (χ4v) is 2.49. The van der Waals surface area contributed by atoms with Gasteiger partial charge in [0.25, 0.3) is 0 Å². The molecule has 128 valence electrons. The molecule has 0 atom stereocenters. The van der Waals surface area contributed by atoms with E-state index in [4.69, 9.17) is 0 Å². The first-order valence-electron chi connectivity index (χ1n) is 7.85. The topological polar surface area (TPSA) is 56.7 Å². The van der Waals surface area contributed by atoms with Crippen LogP contribution in [0.5, 0.6) is 0 Å². The van der Waals surface area contributed by atoms with Crippen LogP contribution in [0.1, 0.15) is 33.3 Å². The second-order valence-electron chi connectivity index (χ2n) is 6.49. The van der Waals surface area contributed by atoms with Crippen molar-refractivity contribution in [1.82, 2.24) is 10.6 Å². The lowest BCUT2D eigenvalue weighted by Crippen LogP contribution is -2.47. The molecule has 0 aliphatic carbocycles. The number of carbonyl (C=O) groups is 1. The third kappa shape index (κ3) is 5.67. The van der Waals surface area contributed by atoms with Crippen molar-refractivity contribution in [2.45, 2.75) is 39.7 Å². The Kier molecular flexibility index (Phi) is 7.31. The summed E-state index contributed by atoms with van der Waals surface area (Å²) in [5, 5.41) is 6.58. The summed E-state index contributed by atoms with van der Waals surface area (Å²) in [5.74, 6) is 0.945. The number of amides is 1. The van der Waals surface area contributed by atoms with Crippen LogP contribution in [0.3, 0.4) is 0 Å². The van der Waals surface area contributed by atoms with Crippen molar-refractivity contribution >= 4 is 41.5 Å². The highest BCUT2D eigenvalue weighted by Crippen LogP contribution is 2.27. The Labute approximate surface area is 156 Å². The fourth-order valence-electron chi connectivity index (χ4n) is 2.49. The molecule has 6 heteroatoms. The molecular weight excluding hydrogens is 403 g/mol. The van der Waals surface area contributed by atoms with E-state index in [9.17, 15) is 4.79 Å². The second kappa shape index (κ2) is 8.52. The summed E-state index contributed by atoms with van der Waals surface area (Å²) in [7, 11) is 0. The Hall–Kier alpha value is -1.31. The summed E-state index contributed by atoms with van der Waals surface area (Å²) in [4.78, 5) is 18.5. The lowest BCUT2D eigenvalue weighted by atomic mass is 10.1. The summed E-state index contributed by atoms with van der Waals surface area (Å²) in [5.41, 5.74) is 2.09. The Balaban J connectivity index is 0.00000264. The molecule has 2 N–H and O–H groups in total. The number of fused-ring (bicyclic) bond motifs is 1. The second-order valence-corrected chi connectivity index (χ2v) is 6.49. The summed E-state index contributed by atoms with van der Waals surface area (Å²) in [6.07, 6.45) is 0.500. The molecular formula is C17H27IN4O. The number of carbonyl (C=O) groups excluding carboxylic acids is 1. The number of hydrogen-bond acceptors (Lipinski definition) is 2. The number of anilines is 1. The number of benzene rings is 1. The fraction of sp³-hybridized carbons (Fsp3) is 0.529. The van der Waals surface area contributed by atoms with Crippen molar-refractivity contribution in [3.63, 3.8) is 0 Å². The molecule has 1 aliphatic heterocycles. The van der Waals surface area contributed by atoms with Gasteiger partial charge in [-0.1, -0.05) is 18.2 Å². The van der Waals surface area contributed by atoms with Gasteiger partial charge < -0.3 is 15.5 Å². The Morgan fingerprint density at radius 3 is 2.65 bits per heavy atom. The molecule has 5 nitrogen and oxygen atoms in total. The number of para-hydroxylation sites is 1. The van der Waals surface area contributed by atoms with Gasteiger partial charge in [-0.15, -0.1) is 24.0 Å². The summed E-state index contributed by atoms with van der Waals surface area (Å²) >= 11 is 0. The van der Waals surface area contributed by atoms with E-state index in [1.807, 2.05) is 36.1 Å². The van der Waals surface area contributed by atoms with E-state index in [0.717, 1.165) is 23.8 Å². The maximum absolute atomic E-state index is 12.1. The van der Waals surface area contributed by atoms with Crippen LogP contribution >= 0.6 is 24.0 Å². The van der Waals surface area contributed by atoms with Gasteiger partial charge in [0.15, 0.2) is 5.96 Å². The van der Waals surface area contributed by atoms with Gasteiger partial charge in [-0.25, -0.2) is 0 Å². The molecule has 1 aliphatic rings. The maximum atomic E-state index is 12.1. The standard InChI is InChI=1S/C17H26N4O.HI/c1-5-18-16(20-17(2,3)4)19-10-11-21-14-9-7-6-8-13(14)12-15(21)22;/h6-9H,5,10-12H2,1-4H3,(H2,18,19,20);1H. The third-order valence-corrected chi connectivity index (χ3v) is 3.36. The van der Waals surface area contributed by atoms with Gasteiger partial charge in [0, 0.05) is 24.3 Å². The average Bonchev–Trinajstić information content (AvgIpc) is 2.74. The Morgan fingerprint density at radius 2 is 2.00 bits per heavy atom. The van der Waals surface area contributed by atoms with E-state index in [2.05, 4.69) is 36.4 Å². The van der Waals surface area contributed by atoms with E-state index in [0.29, 0.717) is 19.5 Å². The molecule has 23 heavy (non-hydrogen) atoms. The maximum Gasteiger partial charge on any atom is 0.231 e. The van der Waals surface area contributed by atoms with E-state index in [1.165, 1.54) is 0 Å². The van der Waals surface area contributed by atoms with E-state index < -0.39 is 0 Å². The van der Waals surface area contributed by atoms with Crippen LogP contribution in [0.15, 0.2) is 29.3 Å². The number of nitrogens with zero attached hydrogens (tertiary/aromatic N) is 2. The van der Waals surface area contributed by atoms with Crippen LogP contribution in [-0.4, -0.2) is 37.0 Å². The monoisotopic (exact) mass is 430 g/mol. The van der Waals surface area contributed by atoms with E-state index in [1.54, 1.807) is 0 Å². The lowest BCUT2D eigenvalue weighted by Gasteiger charge is -2.24. The minimum absolute atomic E-state index is 0. The molecule has 1 amide bonds. The van der Waals surface area contributed by atoms with Crippen molar-refractivity contribution in [3.05, 3.63) is 29.8 Å². The van der Waals surface area contributed by atoms with Gasteiger partial charge in [0.05, 0.1) is 13.0 Å². The summed E-state index contributed by atoms with van der Waals surface area (Å²) in [6, 6.07) is 7.97. The van der Waals surface area contributed by atoms with Gasteiger partial charge >= 0.3 is 0 Å². The van der Waals surface area contributed by atoms with Crippen LogP contribution in [-0.2, 0) is 11.2 Å². The number of nitrogens with one attached hydrogen (secondary N) is 2. The van der Waals surface area contributed by atoms with Gasteiger partial charge in [-0.3, -0.25) is 9.79 Å². The third-order valence-electron chi connectivity index (χ3n) is 3.36. The molecule has 0 fully saturated rings. The molecule has 1 aromatic carbocycles. The molecule has 2 rings (SSSR count). The van der Waals surface area contributed by atoms with Crippen molar-refractivity contribution in [2.75, 3.05) is 24.5 Å². The summed E-state index contributed by atoms with van der Waals surface area (Å²) in [6.45, 7) is 10.3. The Morgan fingerprint density at radius 1 is 1.30 bits per heavy atom. The zero-order chi connectivity index (χ0) is 16.2. The van der Waals surface area contributed by atoms with Gasteiger partial charge in [-0.05, 0) is 39.3 Å². The molecule has 0 unspecified atom stereocenters. The molecule has 0 spiro atoms. The number of rotatable bonds is 4. The largest absolute Gasteiger partial charge is 0.357 e. The summed E-state index contributed by atoms with van der Waals surface area (Å²) < 4.78 is 0. The predicted molar refractivity (Wildman–Crippen MR) is 107 cm³/mol. The average molecular weight is 430 g/mol. The van der Waals surface area contributed by atoms with Crippen LogP contribution in [0.2, 0.25) is 0 Å². The molecule has 0 bridgehead atoms. The number of aliphatic imine (C=N–C) groups is 1. The van der Waals surface area contributed by atoms with Gasteiger partial charge in [0.2, 0.25) is 5.91 Å². The Bertz CT molecular complexity index is 566. The number of guanidine groups is 1. The number of halogens is 1. The highest BCUT2D eigenvalue weighted by atomic mass is 127. The van der Waals surface area contributed by atoms with Gasteiger partial charge in [0.1, 0.15) is 0 Å². The van der Waals surface area contributed by atoms with Crippen molar-refractivity contribution in [3.8, 4) is 0 Å². The van der Waals surface area contributed by atoms with Crippen molar-refractivity contribution in [1.29, 1.82) is 0 Å². The van der Waals surface area contributed by atoms with Crippen LogP contribution in [0, 0.1) is 0 Å². The highest BCUT2D eigenvalue weighted by Gasteiger charge is 2.26. The van der Waals surface area contributed by atoms with Crippen LogP contribution in [0.4, 0.5) is 5.69 Å². The molecule has 1 heterocycles. The minimum atomic E-state index is -0.0446. The first-order chi connectivity index (χ1) is 10.4. The molecule has 0 saturated heterocycles. The van der Waals surface area contributed by atoms with E-state index in [-0.39, 0.29) is 35.4 Å². The first-order valence-corrected chi connectivity index (χ1v) is 7.85. The van der Waals surface area contributed by atoms with Crippen molar-refractivity contribution < 1.29 is 4.79 Å². The quantitative estimate of drug-likeness (QED) is 0.439. The molecule has 1 aromatic rings. The SMILES string of the molecule is CCNC(=NCCN1C(=O)Cc2ccccc21)NC(C)(C)C.I. The molecule has 0 radical (unpaired) electrons. The zero-order valence-electron chi connectivity index (χ0n) is 14.3.